The summed E-state index contributed by atoms with van der Waals surface area (Å²) in [6.45, 7) is 8.90. The van der Waals surface area contributed by atoms with Crippen LogP contribution in [0.15, 0.2) is 0 Å². The molecule has 1 nitrogen and oxygen atoms in total. The van der Waals surface area contributed by atoms with Crippen LogP contribution in [0.3, 0.4) is 0 Å². The SMILES string of the molecule is CCC(C)(CC(C)C)OCSC. The van der Waals surface area contributed by atoms with Crippen LogP contribution < -0.4 is 0 Å². The molecular formula is C10H22OS. The van der Waals surface area contributed by atoms with Crippen LogP contribution in [0, 0.1) is 5.92 Å². The standard InChI is InChI=1S/C10H22OS/c1-6-10(4,7-9(2)3)11-8-12-5/h9H,6-8H2,1-5H3. The van der Waals surface area contributed by atoms with Crippen LogP contribution in [0.2, 0.25) is 0 Å². The Bertz CT molecular complexity index is 114. The summed E-state index contributed by atoms with van der Waals surface area (Å²) in [4.78, 5) is 0. The predicted molar refractivity (Wildman–Crippen MR) is 57.6 cm³/mol. The Hall–Kier alpha value is 0.310. The summed E-state index contributed by atoms with van der Waals surface area (Å²) in [6.07, 6.45) is 4.33. The van der Waals surface area contributed by atoms with E-state index < -0.39 is 0 Å². The van der Waals surface area contributed by atoms with Crippen LogP contribution in [0.4, 0.5) is 0 Å². The molecule has 0 amide bonds. The lowest BCUT2D eigenvalue weighted by Gasteiger charge is -2.30. The van der Waals surface area contributed by atoms with E-state index in [1.54, 1.807) is 11.8 Å². The van der Waals surface area contributed by atoms with E-state index in [-0.39, 0.29) is 5.60 Å². The van der Waals surface area contributed by atoms with Gasteiger partial charge in [0.15, 0.2) is 0 Å². The molecule has 1 unspecified atom stereocenters. The lowest BCUT2D eigenvalue weighted by atomic mass is 9.92. The second-order valence-electron chi connectivity index (χ2n) is 3.95. The van der Waals surface area contributed by atoms with Gasteiger partial charge in [-0.15, -0.1) is 11.8 Å². The molecular weight excluding hydrogens is 168 g/mol. The Kier molecular flexibility index (Phi) is 6.02. The molecule has 0 aromatic carbocycles. The fourth-order valence-electron chi connectivity index (χ4n) is 1.37. The average Bonchev–Trinajstić information content (AvgIpc) is 2.00. The average molecular weight is 190 g/mol. The van der Waals surface area contributed by atoms with Crippen LogP contribution in [0.25, 0.3) is 0 Å². The van der Waals surface area contributed by atoms with Crippen molar-refractivity contribution in [3.63, 3.8) is 0 Å². The van der Waals surface area contributed by atoms with Gasteiger partial charge in [0.25, 0.3) is 0 Å². The van der Waals surface area contributed by atoms with E-state index >= 15 is 0 Å². The van der Waals surface area contributed by atoms with Gasteiger partial charge in [-0.1, -0.05) is 20.8 Å². The van der Waals surface area contributed by atoms with Crippen molar-refractivity contribution >= 4 is 11.8 Å². The van der Waals surface area contributed by atoms with Crippen LogP contribution >= 0.6 is 11.8 Å². The fourth-order valence-corrected chi connectivity index (χ4v) is 1.77. The van der Waals surface area contributed by atoms with Crippen LogP contribution in [0.5, 0.6) is 0 Å². The normalized spacial score (nSPS) is 16.5. The van der Waals surface area contributed by atoms with Gasteiger partial charge in [0.2, 0.25) is 0 Å². The third-order valence-electron chi connectivity index (χ3n) is 2.11. The van der Waals surface area contributed by atoms with Gasteiger partial charge in [-0.25, -0.2) is 0 Å². The third kappa shape index (κ3) is 5.04. The summed E-state index contributed by atoms with van der Waals surface area (Å²) in [5.41, 5.74) is 0.0944. The van der Waals surface area contributed by atoms with Crippen molar-refractivity contribution in [2.45, 2.75) is 46.1 Å². The Morgan fingerprint density at radius 2 is 2.00 bits per heavy atom. The summed E-state index contributed by atoms with van der Waals surface area (Å²) in [5.74, 6) is 1.54. The summed E-state index contributed by atoms with van der Waals surface area (Å²) in [6, 6.07) is 0. The topological polar surface area (TPSA) is 9.23 Å². The number of hydrogen-bond acceptors (Lipinski definition) is 2. The van der Waals surface area contributed by atoms with Crippen molar-refractivity contribution in [1.82, 2.24) is 0 Å². The highest BCUT2D eigenvalue weighted by Gasteiger charge is 2.23. The summed E-state index contributed by atoms with van der Waals surface area (Å²) >= 11 is 1.75. The molecule has 0 radical (unpaired) electrons. The highest BCUT2D eigenvalue weighted by atomic mass is 32.2. The number of thioether (sulfide) groups is 1. The summed E-state index contributed by atoms with van der Waals surface area (Å²) in [7, 11) is 0. The second-order valence-corrected chi connectivity index (χ2v) is 4.77. The first-order valence-corrected chi connectivity index (χ1v) is 6.06. The Morgan fingerprint density at radius 1 is 1.42 bits per heavy atom. The number of rotatable bonds is 6. The third-order valence-corrected chi connectivity index (χ3v) is 2.47. The zero-order chi connectivity index (χ0) is 9.61. The van der Waals surface area contributed by atoms with Gasteiger partial charge in [-0.3, -0.25) is 0 Å². The smallest absolute Gasteiger partial charge is 0.0925 e. The number of ether oxygens (including phenoxy) is 1. The lowest BCUT2D eigenvalue weighted by molar-refractivity contribution is -0.0225. The molecule has 0 rings (SSSR count). The molecule has 74 valence electrons. The zero-order valence-electron chi connectivity index (χ0n) is 9.02. The van der Waals surface area contributed by atoms with Gasteiger partial charge in [0.05, 0.1) is 11.5 Å². The van der Waals surface area contributed by atoms with E-state index in [1.807, 2.05) is 0 Å². The lowest BCUT2D eigenvalue weighted by Crippen LogP contribution is -2.29. The zero-order valence-corrected chi connectivity index (χ0v) is 9.83. The van der Waals surface area contributed by atoms with E-state index in [0.29, 0.717) is 0 Å². The largest absolute Gasteiger partial charge is 0.365 e. The van der Waals surface area contributed by atoms with Crippen molar-refractivity contribution in [3.8, 4) is 0 Å². The molecule has 0 aliphatic heterocycles. The molecule has 1 atom stereocenters. The first-order valence-electron chi connectivity index (χ1n) is 4.67. The fraction of sp³-hybridized carbons (Fsp3) is 1.00. The molecule has 2 heteroatoms. The van der Waals surface area contributed by atoms with Gasteiger partial charge < -0.3 is 4.74 Å². The van der Waals surface area contributed by atoms with Crippen molar-refractivity contribution in [1.29, 1.82) is 0 Å². The Balaban J connectivity index is 3.86. The molecule has 0 aromatic heterocycles. The molecule has 0 aromatic rings. The highest BCUT2D eigenvalue weighted by Crippen LogP contribution is 2.25. The molecule has 0 N–H and O–H groups in total. The predicted octanol–water partition coefficient (Wildman–Crippen LogP) is 3.54. The maximum atomic E-state index is 5.80. The Morgan fingerprint density at radius 3 is 2.33 bits per heavy atom. The molecule has 0 saturated heterocycles. The maximum Gasteiger partial charge on any atom is 0.0925 e. The molecule has 0 saturated carbocycles. The van der Waals surface area contributed by atoms with Crippen LogP contribution in [0.1, 0.15) is 40.5 Å². The number of hydrogen-bond donors (Lipinski definition) is 0. The van der Waals surface area contributed by atoms with Gasteiger partial charge in [-0.05, 0) is 31.9 Å². The first kappa shape index (κ1) is 12.3. The van der Waals surface area contributed by atoms with E-state index in [2.05, 4.69) is 34.0 Å². The van der Waals surface area contributed by atoms with Crippen LogP contribution in [-0.2, 0) is 4.74 Å². The molecule has 0 spiro atoms. The second kappa shape index (κ2) is 5.87. The monoisotopic (exact) mass is 190 g/mol. The van der Waals surface area contributed by atoms with Crippen molar-refractivity contribution in [3.05, 3.63) is 0 Å². The van der Waals surface area contributed by atoms with Gasteiger partial charge >= 0.3 is 0 Å². The van der Waals surface area contributed by atoms with E-state index in [9.17, 15) is 0 Å². The van der Waals surface area contributed by atoms with Gasteiger partial charge in [0.1, 0.15) is 0 Å². The van der Waals surface area contributed by atoms with Crippen molar-refractivity contribution in [2.75, 3.05) is 12.2 Å². The van der Waals surface area contributed by atoms with Gasteiger partial charge in [0, 0.05) is 0 Å². The highest BCUT2D eigenvalue weighted by molar-refractivity contribution is 7.98. The molecule has 0 aliphatic carbocycles. The van der Waals surface area contributed by atoms with Crippen molar-refractivity contribution < 1.29 is 4.74 Å². The van der Waals surface area contributed by atoms with E-state index in [0.717, 1.165) is 24.7 Å². The van der Waals surface area contributed by atoms with Crippen molar-refractivity contribution in [2.24, 2.45) is 5.92 Å². The molecule has 0 aliphatic rings. The Labute approximate surface area is 81.3 Å². The van der Waals surface area contributed by atoms with E-state index in [4.69, 9.17) is 4.74 Å². The molecule has 12 heavy (non-hydrogen) atoms. The molecule has 0 heterocycles. The quantitative estimate of drug-likeness (QED) is 0.592. The van der Waals surface area contributed by atoms with Gasteiger partial charge in [-0.2, -0.15) is 0 Å². The van der Waals surface area contributed by atoms with Crippen LogP contribution in [-0.4, -0.2) is 17.8 Å². The minimum Gasteiger partial charge on any atom is -0.365 e. The molecule has 0 bridgehead atoms. The first-order chi connectivity index (χ1) is 5.54. The minimum atomic E-state index is 0.0944. The molecule has 0 fully saturated rings. The minimum absolute atomic E-state index is 0.0944. The summed E-state index contributed by atoms with van der Waals surface area (Å²) in [5, 5.41) is 0. The summed E-state index contributed by atoms with van der Waals surface area (Å²) < 4.78 is 5.80. The maximum absolute atomic E-state index is 5.80. The van der Waals surface area contributed by atoms with E-state index in [1.165, 1.54) is 0 Å².